The lowest BCUT2D eigenvalue weighted by Gasteiger charge is -2.12. The first-order chi connectivity index (χ1) is 17.2. The zero-order valence-corrected chi connectivity index (χ0v) is 21.5. The molecule has 0 unspecified atom stereocenters. The molecule has 3 aromatic carbocycles. The average Bonchev–Trinajstić information content (AvgIpc) is 2.83. The number of carbonyl (C=O) groups excluding carboxylic acids is 3. The number of nitrogens with one attached hydrogen (secondary N) is 2. The molecule has 0 atom stereocenters. The minimum Gasteiger partial charge on any atom is -0.490 e. The number of benzene rings is 3. The van der Waals surface area contributed by atoms with Crippen LogP contribution in [0.15, 0.2) is 59.7 Å². The number of ether oxygens (including phenoxy) is 2. The van der Waals surface area contributed by atoms with Gasteiger partial charge in [0.1, 0.15) is 0 Å². The number of esters is 1. The second-order valence-electron chi connectivity index (χ2n) is 6.93. The summed E-state index contributed by atoms with van der Waals surface area (Å²) in [6.45, 7) is 2.04. The van der Waals surface area contributed by atoms with E-state index in [1.807, 2.05) is 0 Å². The lowest BCUT2D eigenvalue weighted by Crippen LogP contribution is -2.32. The summed E-state index contributed by atoms with van der Waals surface area (Å²) >= 11 is 23.8. The molecule has 3 aromatic rings. The van der Waals surface area contributed by atoms with Crippen molar-refractivity contribution < 1.29 is 23.9 Å². The van der Waals surface area contributed by atoms with Gasteiger partial charge in [0.15, 0.2) is 11.5 Å². The maximum atomic E-state index is 12.5. The Kier molecular flexibility index (Phi) is 9.55. The Balaban J connectivity index is 1.66. The van der Waals surface area contributed by atoms with Crippen LogP contribution in [-0.4, -0.2) is 30.6 Å². The Bertz CT molecular complexity index is 1350. The van der Waals surface area contributed by atoms with Crippen LogP contribution in [0.25, 0.3) is 0 Å². The maximum Gasteiger partial charge on any atom is 0.345 e. The number of halogens is 4. The molecule has 0 spiro atoms. The quantitative estimate of drug-likeness (QED) is 0.119. The summed E-state index contributed by atoms with van der Waals surface area (Å²) in [4.78, 5) is 36.7. The molecule has 0 radical (unpaired) electrons. The van der Waals surface area contributed by atoms with Gasteiger partial charge in [0.2, 0.25) is 0 Å². The Morgan fingerprint density at radius 3 is 2.31 bits per heavy atom. The van der Waals surface area contributed by atoms with Crippen LogP contribution in [0.5, 0.6) is 11.5 Å². The van der Waals surface area contributed by atoms with Crippen molar-refractivity contribution in [3.63, 3.8) is 0 Å². The fraction of sp³-hybridized carbons (Fsp3) is 0.0833. The lowest BCUT2D eigenvalue weighted by atomic mass is 10.2. The number of hydrogen-bond donors (Lipinski definition) is 2. The van der Waals surface area contributed by atoms with E-state index in [0.29, 0.717) is 15.6 Å². The number of nitrogens with zero attached hydrogens (tertiary/aromatic N) is 1. The van der Waals surface area contributed by atoms with Gasteiger partial charge in [-0.1, -0.05) is 46.4 Å². The number of carbonyl (C=O) groups is 3. The van der Waals surface area contributed by atoms with Crippen molar-refractivity contribution in [2.24, 2.45) is 5.10 Å². The third kappa shape index (κ3) is 7.35. The molecule has 2 amide bonds. The summed E-state index contributed by atoms with van der Waals surface area (Å²) in [5.41, 5.74) is 2.91. The van der Waals surface area contributed by atoms with E-state index in [1.54, 1.807) is 19.1 Å². The molecular weight excluding hydrogens is 552 g/mol. The zero-order chi connectivity index (χ0) is 26.2. The van der Waals surface area contributed by atoms with Crippen LogP contribution in [0.1, 0.15) is 22.8 Å². The second-order valence-corrected chi connectivity index (χ2v) is 8.62. The zero-order valence-electron chi connectivity index (χ0n) is 18.5. The molecule has 186 valence electrons. The minimum atomic E-state index is -1.03. The van der Waals surface area contributed by atoms with Gasteiger partial charge in [-0.2, -0.15) is 5.10 Å². The van der Waals surface area contributed by atoms with E-state index in [-0.39, 0.29) is 39.4 Å². The first-order valence-corrected chi connectivity index (χ1v) is 11.7. The van der Waals surface area contributed by atoms with Gasteiger partial charge in [-0.15, -0.1) is 0 Å². The molecule has 0 aliphatic heterocycles. The third-order valence-corrected chi connectivity index (χ3v) is 5.50. The molecule has 36 heavy (non-hydrogen) atoms. The smallest absolute Gasteiger partial charge is 0.345 e. The Labute approximate surface area is 226 Å². The van der Waals surface area contributed by atoms with E-state index in [2.05, 4.69) is 15.8 Å². The number of rotatable bonds is 7. The highest BCUT2D eigenvalue weighted by Crippen LogP contribution is 2.30. The molecule has 2 N–H and O–H groups in total. The summed E-state index contributed by atoms with van der Waals surface area (Å²) in [7, 11) is 0. The van der Waals surface area contributed by atoms with E-state index in [1.165, 1.54) is 48.7 Å². The van der Waals surface area contributed by atoms with E-state index in [0.717, 1.165) is 0 Å². The summed E-state index contributed by atoms with van der Waals surface area (Å²) in [6.07, 6.45) is 1.28. The van der Waals surface area contributed by atoms with Crippen LogP contribution in [-0.2, 0) is 9.59 Å². The van der Waals surface area contributed by atoms with Crippen molar-refractivity contribution >= 4 is 76.1 Å². The van der Waals surface area contributed by atoms with Crippen molar-refractivity contribution in [1.82, 2.24) is 5.43 Å². The van der Waals surface area contributed by atoms with Crippen LogP contribution < -0.4 is 20.2 Å². The molecule has 8 nitrogen and oxygen atoms in total. The molecule has 12 heteroatoms. The first kappa shape index (κ1) is 27.3. The fourth-order valence-corrected chi connectivity index (χ4v) is 3.58. The van der Waals surface area contributed by atoms with Crippen LogP contribution in [0.3, 0.4) is 0 Å². The maximum absolute atomic E-state index is 12.5. The first-order valence-electron chi connectivity index (χ1n) is 10.2. The van der Waals surface area contributed by atoms with E-state index in [9.17, 15) is 14.4 Å². The standard InChI is InChI=1S/C24H17Cl4N3O5/c1-2-35-21-9-13(3-8-20(21)36-24(34)16-6-4-14(25)10-18(16)28)12-29-31-23(33)22(32)30-19-11-15(26)5-7-17(19)27/h3-12H,2H2,1H3,(H,30,32)(H,31,33)/b29-12+. The van der Waals surface area contributed by atoms with Crippen molar-refractivity contribution in [3.05, 3.63) is 85.8 Å². The SMILES string of the molecule is CCOc1cc(/C=N/NC(=O)C(=O)Nc2cc(Cl)ccc2Cl)ccc1OC(=O)c1ccc(Cl)cc1Cl. The highest BCUT2D eigenvalue weighted by atomic mass is 35.5. The summed E-state index contributed by atoms with van der Waals surface area (Å²) in [5.74, 6) is -2.32. The molecule has 0 bridgehead atoms. The summed E-state index contributed by atoms with van der Waals surface area (Å²) in [6, 6.07) is 13.4. The summed E-state index contributed by atoms with van der Waals surface area (Å²) < 4.78 is 11.0. The average molecular weight is 569 g/mol. The second kappa shape index (κ2) is 12.6. The number of hydrogen-bond acceptors (Lipinski definition) is 6. The molecule has 0 saturated heterocycles. The Morgan fingerprint density at radius 2 is 1.58 bits per heavy atom. The largest absolute Gasteiger partial charge is 0.490 e. The number of amides is 2. The summed E-state index contributed by atoms with van der Waals surface area (Å²) in [5, 5.41) is 7.19. The topological polar surface area (TPSA) is 106 Å². The molecule has 0 heterocycles. The Hall–Kier alpha value is -3.30. The van der Waals surface area contributed by atoms with Gasteiger partial charge < -0.3 is 14.8 Å². The lowest BCUT2D eigenvalue weighted by molar-refractivity contribution is -0.136. The van der Waals surface area contributed by atoms with E-state index in [4.69, 9.17) is 55.9 Å². The predicted molar refractivity (Wildman–Crippen MR) is 140 cm³/mol. The van der Waals surface area contributed by atoms with Gasteiger partial charge in [-0.05, 0) is 67.1 Å². The van der Waals surface area contributed by atoms with Gasteiger partial charge in [-0.3, -0.25) is 9.59 Å². The van der Waals surface area contributed by atoms with Crippen molar-refractivity contribution in [1.29, 1.82) is 0 Å². The highest BCUT2D eigenvalue weighted by molar-refractivity contribution is 6.42. The molecule has 0 saturated carbocycles. The predicted octanol–water partition coefficient (Wildman–Crippen LogP) is 6.01. The number of hydrazone groups is 1. The third-order valence-electron chi connectivity index (χ3n) is 4.38. The number of anilines is 1. The molecule has 0 fully saturated rings. The fourth-order valence-electron chi connectivity index (χ4n) is 2.76. The molecule has 0 aliphatic carbocycles. The van der Waals surface area contributed by atoms with E-state index >= 15 is 0 Å². The van der Waals surface area contributed by atoms with Gasteiger partial charge in [0, 0.05) is 10.0 Å². The van der Waals surface area contributed by atoms with Crippen molar-refractivity contribution in [2.45, 2.75) is 6.92 Å². The van der Waals surface area contributed by atoms with Gasteiger partial charge in [0.05, 0.1) is 34.1 Å². The monoisotopic (exact) mass is 567 g/mol. The van der Waals surface area contributed by atoms with Gasteiger partial charge >= 0.3 is 17.8 Å². The van der Waals surface area contributed by atoms with Crippen LogP contribution in [0, 0.1) is 0 Å². The minimum absolute atomic E-state index is 0.134. The normalized spacial score (nSPS) is 10.7. The highest BCUT2D eigenvalue weighted by Gasteiger charge is 2.17. The Morgan fingerprint density at radius 1 is 0.861 bits per heavy atom. The van der Waals surface area contributed by atoms with Crippen LogP contribution in [0.2, 0.25) is 20.1 Å². The van der Waals surface area contributed by atoms with Crippen LogP contribution >= 0.6 is 46.4 Å². The molecule has 0 aromatic heterocycles. The van der Waals surface area contributed by atoms with E-state index < -0.39 is 17.8 Å². The van der Waals surface area contributed by atoms with Gasteiger partial charge in [-0.25, -0.2) is 10.2 Å². The van der Waals surface area contributed by atoms with Crippen LogP contribution in [0.4, 0.5) is 5.69 Å². The molecule has 0 aliphatic rings. The van der Waals surface area contributed by atoms with Crippen molar-refractivity contribution in [3.8, 4) is 11.5 Å². The molecular formula is C24H17Cl4N3O5. The van der Waals surface area contributed by atoms with Crippen molar-refractivity contribution in [2.75, 3.05) is 11.9 Å². The van der Waals surface area contributed by atoms with Gasteiger partial charge in [0.25, 0.3) is 0 Å². The molecule has 3 rings (SSSR count).